The van der Waals surface area contributed by atoms with Crippen LogP contribution in [-0.4, -0.2) is 20.0 Å². The Morgan fingerprint density at radius 3 is 2.62 bits per heavy atom. The molecule has 5 atom stereocenters. The third-order valence-electron chi connectivity index (χ3n) is 4.48. The molecule has 0 aromatic rings. The zero-order valence-corrected chi connectivity index (χ0v) is 8.24. The van der Waals surface area contributed by atoms with Crippen LogP contribution in [-0.2, 0) is 9.47 Å². The molecule has 74 valence electrons. The second-order valence-corrected chi connectivity index (χ2v) is 4.90. The van der Waals surface area contributed by atoms with Crippen molar-refractivity contribution in [1.82, 2.24) is 0 Å². The third kappa shape index (κ3) is 1.15. The van der Waals surface area contributed by atoms with E-state index in [4.69, 9.17) is 9.47 Å². The quantitative estimate of drug-likeness (QED) is 0.618. The summed E-state index contributed by atoms with van der Waals surface area (Å²) in [6, 6.07) is 0. The summed E-state index contributed by atoms with van der Waals surface area (Å²) in [5, 5.41) is 0. The van der Waals surface area contributed by atoms with Crippen molar-refractivity contribution in [3.63, 3.8) is 0 Å². The first-order chi connectivity index (χ1) is 6.38. The summed E-state index contributed by atoms with van der Waals surface area (Å²) in [4.78, 5) is 0. The van der Waals surface area contributed by atoms with Crippen LogP contribution >= 0.6 is 0 Å². The lowest BCUT2D eigenvalue weighted by atomic mass is 9.76. The van der Waals surface area contributed by atoms with Gasteiger partial charge in [0.1, 0.15) is 0 Å². The highest BCUT2D eigenvalue weighted by molar-refractivity contribution is 4.97. The smallest absolute Gasteiger partial charge is 0.157 e. The van der Waals surface area contributed by atoms with E-state index in [-0.39, 0.29) is 6.29 Å². The normalized spacial score (nSPS) is 53.8. The molecule has 2 saturated carbocycles. The maximum Gasteiger partial charge on any atom is 0.157 e. The highest BCUT2D eigenvalue weighted by Crippen LogP contribution is 2.55. The van der Waals surface area contributed by atoms with Crippen molar-refractivity contribution in [3.05, 3.63) is 0 Å². The fourth-order valence-electron chi connectivity index (χ4n) is 3.83. The van der Waals surface area contributed by atoms with Crippen molar-refractivity contribution in [1.29, 1.82) is 0 Å². The van der Waals surface area contributed by atoms with Crippen molar-refractivity contribution in [2.75, 3.05) is 13.7 Å². The fraction of sp³-hybridized carbons (Fsp3) is 1.00. The van der Waals surface area contributed by atoms with E-state index in [1.807, 2.05) is 0 Å². The average molecular weight is 182 g/mol. The Morgan fingerprint density at radius 1 is 1.08 bits per heavy atom. The molecule has 2 heteroatoms. The molecule has 0 radical (unpaired) electrons. The van der Waals surface area contributed by atoms with Gasteiger partial charge in [-0.2, -0.15) is 0 Å². The van der Waals surface area contributed by atoms with Crippen LogP contribution in [0, 0.1) is 23.7 Å². The first-order valence-corrected chi connectivity index (χ1v) is 5.53. The number of hydrogen-bond donors (Lipinski definition) is 0. The molecule has 2 nitrogen and oxygen atoms in total. The van der Waals surface area contributed by atoms with Gasteiger partial charge in [0, 0.05) is 13.5 Å². The van der Waals surface area contributed by atoms with Crippen molar-refractivity contribution < 1.29 is 9.47 Å². The van der Waals surface area contributed by atoms with Gasteiger partial charge >= 0.3 is 0 Å². The Balaban J connectivity index is 1.74. The summed E-state index contributed by atoms with van der Waals surface area (Å²) < 4.78 is 11.0. The number of methoxy groups -OCH3 is 1. The van der Waals surface area contributed by atoms with Crippen LogP contribution in [0.1, 0.15) is 25.7 Å². The lowest BCUT2D eigenvalue weighted by molar-refractivity contribution is -0.183. The van der Waals surface area contributed by atoms with Crippen LogP contribution in [0.3, 0.4) is 0 Å². The Kier molecular flexibility index (Phi) is 1.88. The second-order valence-electron chi connectivity index (χ2n) is 4.90. The highest BCUT2D eigenvalue weighted by atomic mass is 16.7. The first kappa shape index (κ1) is 8.25. The van der Waals surface area contributed by atoms with Gasteiger partial charge in [-0.15, -0.1) is 0 Å². The average Bonchev–Trinajstić information content (AvgIpc) is 2.77. The van der Waals surface area contributed by atoms with E-state index in [0.29, 0.717) is 0 Å². The Bertz CT molecular complexity index is 204. The van der Waals surface area contributed by atoms with E-state index in [0.717, 1.165) is 36.7 Å². The summed E-state index contributed by atoms with van der Waals surface area (Å²) in [6.07, 6.45) is 5.67. The zero-order chi connectivity index (χ0) is 8.84. The minimum absolute atomic E-state index is 0.0978. The van der Waals surface area contributed by atoms with E-state index in [1.165, 1.54) is 19.3 Å². The van der Waals surface area contributed by atoms with Gasteiger partial charge in [0.25, 0.3) is 0 Å². The van der Waals surface area contributed by atoms with Crippen molar-refractivity contribution in [3.8, 4) is 0 Å². The van der Waals surface area contributed by atoms with Gasteiger partial charge in [-0.1, -0.05) is 0 Å². The van der Waals surface area contributed by atoms with Crippen molar-refractivity contribution in [2.45, 2.75) is 32.0 Å². The molecule has 13 heavy (non-hydrogen) atoms. The first-order valence-electron chi connectivity index (χ1n) is 5.53. The molecule has 0 unspecified atom stereocenters. The predicted molar refractivity (Wildman–Crippen MR) is 49.2 cm³/mol. The van der Waals surface area contributed by atoms with Gasteiger partial charge in [0.15, 0.2) is 6.29 Å². The molecular formula is C11H18O2. The Morgan fingerprint density at radius 2 is 1.85 bits per heavy atom. The standard InChI is InChI=1S/C11H18O2/c1-12-11-5-9-7-2-3-8(4-7)10(9)6-13-11/h7-11H,2-6H2,1H3/t7-,8+,9-,10+,11-/m0/s1. The van der Waals surface area contributed by atoms with Crippen molar-refractivity contribution >= 4 is 0 Å². The minimum Gasteiger partial charge on any atom is -0.356 e. The van der Waals surface area contributed by atoms with Gasteiger partial charge in [0.05, 0.1) is 6.61 Å². The number of fused-ring (bicyclic) bond motifs is 5. The minimum atomic E-state index is 0.0978. The molecule has 1 heterocycles. The third-order valence-corrected chi connectivity index (χ3v) is 4.48. The van der Waals surface area contributed by atoms with Crippen molar-refractivity contribution in [2.24, 2.45) is 23.7 Å². The van der Waals surface area contributed by atoms with Crippen LogP contribution in [0.5, 0.6) is 0 Å². The second kappa shape index (κ2) is 2.96. The topological polar surface area (TPSA) is 18.5 Å². The molecule has 3 aliphatic rings. The zero-order valence-electron chi connectivity index (χ0n) is 8.24. The lowest BCUT2D eigenvalue weighted by Crippen LogP contribution is -2.37. The molecule has 0 aromatic carbocycles. The molecule has 2 aliphatic carbocycles. The molecule has 0 spiro atoms. The van der Waals surface area contributed by atoms with Crippen LogP contribution in [0.2, 0.25) is 0 Å². The number of ether oxygens (including phenoxy) is 2. The molecule has 3 fully saturated rings. The van der Waals surface area contributed by atoms with Crippen LogP contribution in [0.15, 0.2) is 0 Å². The summed E-state index contributed by atoms with van der Waals surface area (Å²) in [5.41, 5.74) is 0. The van der Waals surface area contributed by atoms with Crippen LogP contribution < -0.4 is 0 Å². The monoisotopic (exact) mass is 182 g/mol. The summed E-state index contributed by atoms with van der Waals surface area (Å²) in [7, 11) is 1.76. The van der Waals surface area contributed by atoms with Gasteiger partial charge in [0.2, 0.25) is 0 Å². The summed E-state index contributed by atoms with van der Waals surface area (Å²) >= 11 is 0. The number of hydrogen-bond acceptors (Lipinski definition) is 2. The van der Waals surface area contributed by atoms with Crippen LogP contribution in [0.4, 0.5) is 0 Å². The van der Waals surface area contributed by atoms with Crippen LogP contribution in [0.25, 0.3) is 0 Å². The van der Waals surface area contributed by atoms with E-state index in [2.05, 4.69) is 0 Å². The van der Waals surface area contributed by atoms with Gasteiger partial charge in [-0.05, 0) is 42.9 Å². The molecule has 1 aliphatic heterocycles. The SMILES string of the molecule is CO[C@@H]1C[C@H]2[C@H]3CC[C@H](C3)[C@H]2CO1. The molecule has 0 aromatic heterocycles. The van der Waals surface area contributed by atoms with E-state index in [9.17, 15) is 0 Å². The molecule has 3 rings (SSSR count). The largest absolute Gasteiger partial charge is 0.356 e. The maximum absolute atomic E-state index is 5.67. The van der Waals surface area contributed by atoms with E-state index in [1.54, 1.807) is 7.11 Å². The molecular weight excluding hydrogens is 164 g/mol. The molecule has 1 saturated heterocycles. The number of rotatable bonds is 1. The lowest BCUT2D eigenvalue weighted by Gasteiger charge is -2.38. The fourth-order valence-corrected chi connectivity index (χ4v) is 3.83. The maximum atomic E-state index is 5.67. The molecule has 2 bridgehead atoms. The summed E-state index contributed by atoms with van der Waals surface area (Å²) in [5.74, 6) is 3.81. The Hall–Kier alpha value is -0.0800. The summed E-state index contributed by atoms with van der Waals surface area (Å²) in [6.45, 7) is 0.963. The molecule has 0 amide bonds. The van der Waals surface area contributed by atoms with Gasteiger partial charge < -0.3 is 9.47 Å². The molecule has 0 N–H and O–H groups in total. The Labute approximate surface area is 79.6 Å². The van der Waals surface area contributed by atoms with Gasteiger partial charge in [-0.25, -0.2) is 0 Å². The van der Waals surface area contributed by atoms with E-state index < -0.39 is 0 Å². The highest BCUT2D eigenvalue weighted by Gasteiger charge is 2.50. The van der Waals surface area contributed by atoms with Gasteiger partial charge in [-0.3, -0.25) is 0 Å². The predicted octanol–water partition coefficient (Wildman–Crippen LogP) is 2.04. The van der Waals surface area contributed by atoms with E-state index >= 15 is 0 Å².